The maximum absolute atomic E-state index is 12.8. The Morgan fingerprint density at radius 3 is 2.03 bits per heavy atom. The summed E-state index contributed by atoms with van der Waals surface area (Å²) in [6, 6.07) is 14.3. The average molecular weight is 511 g/mol. The molecule has 0 spiro atoms. The summed E-state index contributed by atoms with van der Waals surface area (Å²) < 4.78 is 5.64. The minimum absolute atomic E-state index is 0.0410. The van der Waals surface area contributed by atoms with Crippen LogP contribution in [0.15, 0.2) is 48.5 Å². The van der Waals surface area contributed by atoms with Gasteiger partial charge in [-0.3, -0.25) is 5.43 Å². The number of hydrogen-bond donors (Lipinski definition) is 2. The molecule has 1 amide bonds. The Kier molecular flexibility index (Phi) is 6.84. The third-order valence-electron chi connectivity index (χ3n) is 5.46. The molecule has 0 radical (unpaired) electrons. The lowest BCUT2D eigenvalue weighted by Gasteiger charge is -2.26. The molecule has 2 aromatic heterocycles. The Morgan fingerprint density at radius 1 is 0.857 bits per heavy atom. The van der Waals surface area contributed by atoms with Crippen LogP contribution in [0.25, 0.3) is 34.0 Å². The molecule has 0 unspecified atom stereocenters. The first-order chi connectivity index (χ1) is 17.1. The van der Waals surface area contributed by atoms with Crippen molar-refractivity contribution >= 4 is 29.3 Å². The fraction of sp³-hybridized carbons (Fsp3) is 0.217. The first-order valence-electron chi connectivity index (χ1n) is 11.0. The van der Waals surface area contributed by atoms with Gasteiger partial charge in [0.15, 0.2) is 5.69 Å². The minimum Gasteiger partial charge on any atom is -0.388 e. The minimum atomic E-state index is -0.670. The van der Waals surface area contributed by atoms with Crippen LogP contribution in [0.1, 0.15) is 19.3 Å². The molecule has 1 saturated heterocycles. The van der Waals surface area contributed by atoms with E-state index in [1.54, 1.807) is 24.3 Å². The van der Waals surface area contributed by atoms with Gasteiger partial charge in [0.2, 0.25) is 5.82 Å². The van der Waals surface area contributed by atoms with E-state index in [2.05, 4.69) is 26.0 Å². The van der Waals surface area contributed by atoms with Crippen LogP contribution in [0.3, 0.4) is 0 Å². The molecule has 178 valence electrons. The molecule has 0 saturated carbocycles. The highest BCUT2D eigenvalue weighted by Crippen LogP contribution is 2.35. The van der Waals surface area contributed by atoms with Crippen LogP contribution in [0, 0.1) is 0 Å². The molecular weight excluding hydrogens is 491 g/mol. The van der Waals surface area contributed by atoms with E-state index in [1.807, 2.05) is 29.3 Å². The van der Waals surface area contributed by atoms with Crippen molar-refractivity contribution in [2.45, 2.75) is 19.3 Å². The fourth-order valence-corrected chi connectivity index (χ4v) is 4.02. The number of H-pyrrole nitrogens is 1. The van der Waals surface area contributed by atoms with Crippen molar-refractivity contribution in [1.82, 2.24) is 41.0 Å². The normalized spacial score (nSPS) is 14.0. The van der Waals surface area contributed by atoms with E-state index >= 15 is 0 Å². The van der Waals surface area contributed by atoms with Gasteiger partial charge in [-0.15, -0.1) is 5.10 Å². The third kappa shape index (κ3) is 5.40. The number of aromatic amines is 1. The van der Waals surface area contributed by atoms with E-state index in [-0.39, 0.29) is 17.4 Å². The number of ether oxygens (including phenoxy) is 1. The van der Waals surface area contributed by atoms with Gasteiger partial charge in [-0.05, 0) is 47.5 Å². The first-order valence-corrected chi connectivity index (χ1v) is 11.7. The predicted octanol–water partition coefficient (Wildman–Crippen LogP) is 4.79. The quantitative estimate of drug-likeness (QED) is 0.393. The number of nitrogens with zero attached hydrogens (tertiary/aromatic N) is 6. The van der Waals surface area contributed by atoms with Crippen LogP contribution in [0.4, 0.5) is 4.79 Å². The lowest BCUT2D eigenvalue weighted by Crippen LogP contribution is -2.46. The maximum Gasteiger partial charge on any atom is 0.428 e. The number of tetrazole rings is 1. The number of piperidine rings is 1. The summed E-state index contributed by atoms with van der Waals surface area (Å²) in [5, 5.41) is 16.9. The van der Waals surface area contributed by atoms with E-state index < -0.39 is 6.09 Å². The van der Waals surface area contributed by atoms with Crippen LogP contribution < -0.4 is 10.2 Å². The number of amides is 1. The molecule has 10 nitrogen and oxygen atoms in total. The van der Waals surface area contributed by atoms with Crippen LogP contribution >= 0.6 is 23.2 Å². The molecule has 0 atom stereocenters. The molecule has 12 heteroatoms. The van der Waals surface area contributed by atoms with Gasteiger partial charge < -0.3 is 4.74 Å². The zero-order valence-corrected chi connectivity index (χ0v) is 19.9. The summed E-state index contributed by atoms with van der Waals surface area (Å²) in [5.41, 5.74) is 5.46. The molecule has 1 aliphatic heterocycles. The summed E-state index contributed by atoms with van der Waals surface area (Å²) in [4.78, 5) is 22.2. The summed E-state index contributed by atoms with van der Waals surface area (Å²) in [6.45, 7) is 1.51. The second-order valence-corrected chi connectivity index (χ2v) is 8.76. The summed E-state index contributed by atoms with van der Waals surface area (Å²) in [7, 11) is 0. The molecule has 0 aliphatic carbocycles. The van der Waals surface area contributed by atoms with Crippen LogP contribution in [0.5, 0.6) is 5.88 Å². The van der Waals surface area contributed by atoms with Gasteiger partial charge in [0.05, 0.1) is 5.69 Å². The van der Waals surface area contributed by atoms with Gasteiger partial charge in [-0.25, -0.2) is 24.9 Å². The van der Waals surface area contributed by atoms with Gasteiger partial charge >= 0.3 is 6.09 Å². The van der Waals surface area contributed by atoms with E-state index in [1.165, 1.54) is 0 Å². The standard InChI is InChI=1S/C23H20Cl2N8O2/c24-16-8-4-14(5-9-16)18-19(15-6-10-17(25)11-7-15)27-22(20(26-18)21-28-31-32-29-21)35-23(34)30-33-12-2-1-3-13-33/h4-11H,1-3,12-13H2,(H,30,34)(H,28,29,31,32). The van der Waals surface area contributed by atoms with Gasteiger partial charge in [0, 0.05) is 34.3 Å². The van der Waals surface area contributed by atoms with Gasteiger partial charge in [-0.2, -0.15) is 0 Å². The van der Waals surface area contributed by atoms with Crippen molar-refractivity contribution < 1.29 is 9.53 Å². The molecule has 4 aromatic rings. The van der Waals surface area contributed by atoms with E-state index in [0.717, 1.165) is 43.5 Å². The fourth-order valence-electron chi connectivity index (χ4n) is 3.77. The molecule has 2 N–H and O–H groups in total. The lowest BCUT2D eigenvalue weighted by atomic mass is 10.0. The number of aromatic nitrogens is 6. The van der Waals surface area contributed by atoms with E-state index in [0.29, 0.717) is 21.4 Å². The number of carbonyl (C=O) groups is 1. The molecule has 3 heterocycles. The zero-order chi connectivity index (χ0) is 24.2. The number of rotatable bonds is 5. The molecule has 35 heavy (non-hydrogen) atoms. The van der Waals surface area contributed by atoms with Crippen LogP contribution in [-0.2, 0) is 0 Å². The summed E-state index contributed by atoms with van der Waals surface area (Å²) in [5.74, 6) is 0.164. The molecule has 2 aromatic carbocycles. The van der Waals surface area contributed by atoms with Gasteiger partial charge in [-0.1, -0.05) is 53.9 Å². The predicted molar refractivity (Wildman–Crippen MR) is 131 cm³/mol. The Bertz CT molecular complexity index is 1310. The number of hydrogen-bond acceptors (Lipinski definition) is 8. The van der Waals surface area contributed by atoms with Crippen molar-refractivity contribution in [3.8, 4) is 39.9 Å². The van der Waals surface area contributed by atoms with Crippen molar-refractivity contribution in [3.63, 3.8) is 0 Å². The number of carbonyl (C=O) groups excluding carboxylic acids is 1. The van der Waals surface area contributed by atoms with Crippen molar-refractivity contribution in [1.29, 1.82) is 0 Å². The number of hydrazine groups is 1. The van der Waals surface area contributed by atoms with E-state index in [9.17, 15) is 4.79 Å². The molecule has 0 bridgehead atoms. The Hall–Kier alpha value is -3.60. The van der Waals surface area contributed by atoms with Crippen LogP contribution in [-0.4, -0.2) is 54.8 Å². The summed E-state index contributed by atoms with van der Waals surface area (Å²) >= 11 is 12.2. The molecular formula is C23H20Cl2N8O2. The highest BCUT2D eigenvalue weighted by Gasteiger charge is 2.24. The Balaban J connectivity index is 1.60. The topological polar surface area (TPSA) is 122 Å². The Labute approximate surface area is 210 Å². The molecule has 5 rings (SSSR count). The number of nitrogens with one attached hydrogen (secondary N) is 2. The van der Waals surface area contributed by atoms with Crippen molar-refractivity contribution in [2.24, 2.45) is 0 Å². The zero-order valence-electron chi connectivity index (χ0n) is 18.4. The smallest absolute Gasteiger partial charge is 0.388 e. The third-order valence-corrected chi connectivity index (χ3v) is 5.97. The number of benzene rings is 2. The lowest BCUT2D eigenvalue weighted by molar-refractivity contribution is 0.128. The molecule has 1 aliphatic rings. The van der Waals surface area contributed by atoms with Crippen LogP contribution in [0.2, 0.25) is 10.0 Å². The largest absolute Gasteiger partial charge is 0.428 e. The maximum atomic E-state index is 12.8. The average Bonchev–Trinajstić information content (AvgIpc) is 3.40. The van der Waals surface area contributed by atoms with Crippen molar-refractivity contribution in [3.05, 3.63) is 58.6 Å². The second kappa shape index (κ2) is 10.3. The van der Waals surface area contributed by atoms with Crippen molar-refractivity contribution in [2.75, 3.05) is 13.1 Å². The SMILES string of the molecule is O=C(NN1CCCCC1)Oc1nc(-c2ccc(Cl)cc2)c(-c2ccc(Cl)cc2)nc1-c1nnn[nH]1. The highest BCUT2D eigenvalue weighted by molar-refractivity contribution is 6.31. The Morgan fingerprint density at radius 2 is 1.46 bits per heavy atom. The second-order valence-electron chi connectivity index (χ2n) is 7.89. The van der Waals surface area contributed by atoms with Gasteiger partial charge in [0.25, 0.3) is 5.88 Å². The number of halogens is 2. The monoisotopic (exact) mass is 510 g/mol. The first kappa shape index (κ1) is 23.2. The molecule has 1 fully saturated rings. The van der Waals surface area contributed by atoms with E-state index in [4.69, 9.17) is 37.9 Å². The van der Waals surface area contributed by atoms with Gasteiger partial charge in [0.1, 0.15) is 5.69 Å². The highest BCUT2D eigenvalue weighted by atomic mass is 35.5. The summed E-state index contributed by atoms with van der Waals surface area (Å²) in [6.07, 6.45) is 2.48.